The Kier molecular flexibility index (Phi) is 14.9. The lowest BCUT2D eigenvalue weighted by molar-refractivity contribution is -0.133. The maximum absolute atomic E-state index is 13.0. The minimum atomic E-state index is -4.70. The Balaban J connectivity index is 0.000000268. The Morgan fingerprint density at radius 3 is 2.34 bits per heavy atom. The van der Waals surface area contributed by atoms with Crippen LogP contribution in [-0.2, 0) is 23.5 Å². The number of phosphoric ester groups is 1. The topological polar surface area (TPSA) is 263 Å². The zero-order valence-electron chi connectivity index (χ0n) is 31.0. The summed E-state index contributed by atoms with van der Waals surface area (Å²) in [6, 6.07) is 15.1. The SMILES string of the molecule is NC(N)=C(/C=C(\N)c1ccccc1OCOP(=O)(O)O)n1cc(N2CCN(C3CCCCC3)CC2=O)cn1.O=C1CCCC(=O)N1.c1ccc2c(c1)NCCO2. The lowest BCUT2D eigenvalue weighted by Gasteiger charge is -2.39. The van der Waals surface area contributed by atoms with Crippen molar-refractivity contribution in [3.63, 3.8) is 0 Å². The van der Waals surface area contributed by atoms with Gasteiger partial charge >= 0.3 is 7.82 Å². The van der Waals surface area contributed by atoms with Gasteiger partial charge in [-0.05, 0) is 49.6 Å². The van der Waals surface area contributed by atoms with Gasteiger partial charge in [0.1, 0.15) is 29.6 Å². The van der Waals surface area contributed by atoms with E-state index in [2.05, 4.69) is 25.2 Å². The zero-order chi connectivity index (χ0) is 40.1. The maximum Gasteiger partial charge on any atom is 0.472 e. The molecule has 4 heterocycles. The van der Waals surface area contributed by atoms with Crippen LogP contribution in [0.5, 0.6) is 11.5 Å². The van der Waals surface area contributed by atoms with Crippen LogP contribution in [0.15, 0.2) is 72.8 Å². The summed E-state index contributed by atoms with van der Waals surface area (Å²) in [7, 11) is -4.70. The van der Waals surface area contributed by atoms with Crippen LogP contribution in [0, 0.1) is 0 Å². The molecule has 3 aliphatic heterocycles. The summed E-state index contributed by atoms with van der Waals surface area (Å²) in [5, 5.41) is 9.79. The molecule has 302 valence electrons. The summed E-state index contributed by atoms with van der Waals surface area (Å²) >= 11 is 0. The summed E-state index contributed by atoms with van der Waals surface area (Å²) in [4.78, 5) is 55.4. The molecule has 7 rings (SSSR count). The lowest BCUT2D eigenvalue weighted by Crippen LogP contribution is -2.54. The second-order valence-electron chi connectivity index (χ2n) is 13.4. The van der Waals surface area contributed by atoms with Gasteiger partial charge in [-0.1, -0.05) is 43.5 Å². The van der Waals surface area contributed by atoms with Crippen LogP contribution in [0.4, 0.5) is 11.4 Å². The monoisotopic (exact) mass is 795 g/mol. The van der Waals surface area contributed by atoms with Crippen molar-refractivity contribution in [2.45, 2.75) is 57.4 Å². The van der Waals surface area contributed by atoms with Gasteiger partial charge in [0.15, 0.2) is 6.79 Å². The van der Waals surface area contributed by atoms with Crippen molar-refractivity contribution >= 4 is 48.3 Å². The highest BCUT2D eigenvalue weighted by atomic mass is 31.2. The molecule has 1 saturated carbocycles. The van der Waals surface area contributed by atoms with Gasteiger partial charge in [0.25, 0.3) is 0 Å². The number of ether oxygens (including phenoxy) is 2. The molecule has 18 nitrogen and oxygen atoms in total. The Morgan fingerprint density at radius 1 is 0.964 bits per heavy atom. The number of carbonyl (C=O) groups is 3. The summed E-state index contributed by atoms with van der Waals surface area (Å²) in [6.07, 6.45) is 12.5. The number of rotatable bonds is 9. The Labute approximate surface area is 324 Å². The highest BCUT2D eigenvalue weighted by Gasteiger charge is 2.31. The van der Waals surface area contributed by atoms with Crippen LogP contribution in [0.3, 0.4) is 0 Å². The zero-order valence-corrected chi connectivity index (χ0v) is 31.9. The molecule has 19 heteroatoms. The maximum atomic E-state index is 13.0. The van der Waals surface area contributed by atoms with E-state index in [4.69, 9.17) is 36.5 Å². The first kappa shape index (κ1) is 41.8. The number of aromatic nitrogens is 2. The average Bonchev–Trinajstić information content (AvgIpc) is 3.67. The van der Waals surface area contributed by atoms with Crippen LogP contribution < -0.4 is 42.2 Å². The molecule has 1 aromatic heterocycles. The molecular formula is C37H50N9O9P. The minimum Gasteiger partial charge on any atom is -0.490 e. The summed E-state index contributed by atoms with van der Waals surface area (Å²) in [5.74, 6) is 0.883. The number of anilines is 2. The van der Waals surface area contributed by atoms with Gasteiger partial charge in [0, 0.05) is 49.8 Å². The first-order chi connectivity index (χ1) is 26.9. The van der Waals surface area contributed by atoms with E-state index < -0.39 is 14.6 Å². The molecule has 10 N–H and O–H groups in total. The normalized spacial score (nSPS) is 17.8. The third-order valence-corrected chi connectivity index (χ3v) is 9.78. The van der Waals surface area contributed by atoms with Crippen LogP contribution in [0.2, 0.25) is 0 Å². The molecule has 56 heavy (non-hydrogen) atoms. The summed E-state index contributed by atoms with van der Waals surface area (Å²) in [6.45, 7) is 2.76. The van der Waals surface area contributed by atoms with E-state index >= 15 is 0 Å². The molecule has 0 radical (unpaired) electrons. The molecule has 0 unspecified atom stereocenters. The molecule has 2 aromatic carbocycles. The fourth-order valence-electron chi connectivity index (χ4n) is 6.58. The smallest absolute Gasteiger partial charge is 0.472 e. The van der Waals surface area contributed by atoms with E-state index in [1.165, 1.54) is 30.0 Å². The quantitative estimate of drug-likeness (QED) is 0.0711. The van der Waals surface area contributed by atoms with Crippen molar-refractivity contribution in [1.29, 1.82) is 0 Å². The number of nitrogens with one attached hydrogen (secondary N) is 2. The van der Waals surface area contributed by atoms with E-state index in [0.29, 0.717) is 49.6 Å². The van der Waals surface area contributed by atoms with Gasteiger partial charge < -0.3 is 46.7 Å². The number of piperazine rings is 1. The number of piperidine rings is 1. The Hall–Kier alpha value is -5.39. The van der Waals surface area contributed by atoms with Crippen molar-refractivity contribution in [1.82, 2.24) is 20.0 Å². The Morgan fingerprint density at radius 2 is 1.68 bits per heavy atom. The molecule has 0 bridgehead atoms. The standard InChI is InChI=1S/C24H34N7O6P.C8H9NO.C5H7NO2/c25-20(19-8-4-5-9-22(19)36-16-37-38(33,34)35)12-21(24(26)27)31-14-18(13-28-31)30-11-10-29(15-23(30)32)17-6-2-1-3-7-17;1-2-4-8-7(3-1)9-5-6-10-8;7-4-2-1-3-5(8)6-4/h4-5,8-9,12-14,17H,1-3,6-7,10-11,15-16,25-27H2,(H2,33,34,35);1-4,9H,5-6H2;1-3H2,(H,6,7,8)/b20-12-;;. The van der Waals surface area contributed by atoms with Crippen molar-refractivity contribution < 1.29 is 42.7 Å². The summed E-state index contributed by atoms with van der Waals surface area (Å²) < 4.78 is 27.4. The van der Waals surface area contributed by atoms with Gasteiger partial charge in [0.05, 0.1) is 30.3 Å². The highest BCUT2D eigenvalue weighted by Crippen LogP contribution is 2.36. The number of amides is 3. The fourth-order valence-corrected chi connectivity index (χ4v) is 6.77. The van der Waals surface area contributed by atoms with E-state index in [0.717, 1.165) is 44.0 Å². The number of allylic oxidation sites excluding steroid dienone is 2. The number of phosphoric acid groups is 1. The molecular weight excluding hydrogens is 745 g/mol. The molecule has 2 saturated heterocycles. The number of nitrogens with zero attached hydrogens (tertiary/aromatic N) is 4. The predicted octanol–water partition coefficient (Wildman–Crippen LogP) is 2.66. The number of benzene rings is 2. The molecule has 1 aliphatic carbocycles. The van der Waals surface area contributed by atoms with E-state index in [9.17, 15) is 18.9 Å². The van der Waals surface area contributed by atoms with Gasteiger partial charge in [0.2, 0.25) is 17.7 Å². The van der Waals surface area contributed by atoms with Crippen molar-refractivity contribution in [3.05, 3.63) is 78.4 Å². The number of hydrogen-bond acceptors (Lipinski definition) is 13. The number of para-hydroxylation sites is 3. The largest absolute Gasteiger partial charge is 0.490 e. The van der Waals surface area contributed by atoms with Gasteiger partial charge in [-0.15, -0.1) is 0 Å². The molecule has 0 atom stereocenters. The van der Waals surface area contributed by atoms with Gasteiger partial charge in [-0.3, -0.25) is 24.6 Å². The van der Waals surface area contributed by atoms with Crippen molar-refractivity contribution in [3.8, 4) is 11.5 Å². The first-order valence-corrected chi connectivity index (χ1v) is 19.9. The predicted molar refractivity (Wildman–Crippen MR) is 209 cm³/mol. The van der Waals surface area contributed by atoms with E-state index in [1.54, 1.807) is 41.6 Å². The molecule has 3 aromatic rings. The fraction of sp³-hybridized carbons (Fsp3) is 0.405. The number of hydrogen-bond donors (Lipinski definition) is 7. The number of fused-ring (bicyclic) bond motifs is 1. The van der Waals surface area contributed by atoms with Crippen LogP contribution in [0.1, 0.15) is 56.9 Å². The number of imide groups is 1. The molecule has 3 fully saturated rings. The van der Waals surface area contributed by atoms with Crippen LogP contribution in [0.25, 0.3) is 11.4 Å². The van der Waals surface area contributed by atoms with Crippen molar-refractivity contribution in [2.75, 3.05) is 49.8 Å². The van der Waals surface area contributed by atoms with Gasteiger partial charge in [-0.25, -0.2) is 13.8 Å². The van der Waals surface area contributed by atoms with Gasteiger partial charge in [-0.2, -0.15) is 5.10 Å². The average molecular weight is 796 g/mol. The van der Waals surface area contributed by atoms with Crippen LogP contribution in [-0.4, -0.2) is 87.8 Å². The Bertz CT molecular complexity index is 1900. The highest BCUT2D eigenvalue weighted by molar-refractivity contribution is 7.46. The van der Waals surface area contributed by atoms with E-state index in [-0.39, 0.29) is 40.7 Å². The molecule has 3 amide bonds. The minimum absolute atomic E-state index is 0.0197. The number of carbonyl (C=O) groups excluding carboxylic acids is 3. The lowest BCUT2D eigenvalue weighted by atomic mass is 9.94. The first-order valence-electron chi connectivity index (χ1n) is 18.4. The third-order valence-electron chi connectivity index (χ3n) is 9.34. The second-order valence-corrected chi connectivity index (χ2v) is 14.6. The van der Waals surface area contributed by atoms with Crippen molar-refractivity contribution in [2.24, 2.45) is 17.2 Å². The molecule has 0 spiro atoms. The van der Waals surface area contributed by atoms with E-state index in [1.807, 2.05) is 24.3 Å². The number of nitrogens with two attached hydrogens (primary N) is 3. The summed E-state index contributed by atoms with van der Waals surface area (Å²) in [5.41, 5.74) is 20.8. The second kappa shape index (κ2) is 20.0. The van der Waals surface area contributed by atoms with Crippen LogP contribution >= 0.6 is 7.82 Å². The third kappa shape index (κ3) is 12.3. The molecule has 4 aliphatic rings.